The van der Waals surface area contributed by atoms with Gasteiger partial charge in [-0.1, -0.05) is 30.3 Å². The molecule has 0 aliphatic carbocycles. The lowest BCUT2D eigenvalue weighted by Gasteiger charge is -2.25. The predicted octanol–water partition coefficient (Wildman–Crippen LogP) is 3.46. The maximum atomic E-state index is 11.7. The Morgan fingerprint density at radius 3 is 2.88 bits per heavy atom. The number of rotatable bonds is 6. The molecule has 134 valence electrons. The molecule has 0 amide bonds. The molecular weight excluding hydrogens is 318 g/mol. The van der Waals surface area contributed by atoms with Gasteiger partial charge in [0.25, 0.3) is 0 Å². The number of hydrogen-bond donors (Lipinski definition) is 1. The number of ether oxygens (including phenoxy) is 1. The maximum Gasteiger partial charge on any atom is 0.374 e. The number of methoxy groups -OCH3 is 1. The van der Waals surface area contributed by atoms with Gasteiger partial charge in [-0.15, -0.1) is 0 Å². The van der Waals surface area contributed by atoms with Crippen molar-refractivity contribution >= 4 is 5.97 Å². The highest BCUT2D eigenvalue weighted by Gasteiger charge is 2.28. The molecule has 1 fully saturated rings. The molecule has 2 aromatic rings. The number of aliphatic hydroxyl groups is 1. The van der Waals surface area contributed by atoms with Gasteiger partial charge in [-0.05, 0) is 44.4 Å². The SMILES string of the molecule is COC(=O)c1oc(CN2CCCC2CC(O)c2ccccc2)cc1C. The minimum atomic E-state index is -0.462. The van der Waals surface area contributed by atoms with Crippen molar-refractivity contribution in [2.45, 2.75) is 44.9 Å². The first-order valence-electron chi connectivity index (χ1n) is 8.73. The Labute approximate surface area is 148 Å². The molecule has 1 N–H and O–H groups in total. The first-order chi connectivity index (χ1) is 12.1. The number of benzene rings is 1. The van der Waals surface area contributed by atoms with Gasteiger partial charge in [-0.3, -0.25) is 4.90 Å². The van der Waals surface area contributed by atoms with E-state index in [4.69, 9.17) is 9.15 Å². The largest absolute Gasteiger partial charge is 0.463 e. The van der Waals surface area contributed by atoms with Gasteiger partial charge in [0.2, 0.25) is 5.76 Å². The molecule has 2 heterocycles. The van der Waals surface area contributed by atoms with Crippen molar-refractivity contribution in [1.29, 1.82) is 0 Å². The van der Waals surface area contributed by atoms with Crippen molar-refractivity contribution in [3.8, 4) is 0 Å². The van der Waals surface area contributed by atoms with Gasteiger partial charge in [0.15, 0.2) is 0 Å². The minimum Gasteiger partial charge on any atom is -0.463 e. The third-order valence-corrected chi connectivity index (χ3v) is 4.88. The Morgan fingerprint density at radius 1 is 1.40 bits per heavy atom. The van der Waals surface area contributed by atoms with Crippen molar-refractivity contribution in [3.05, 3.63) is 59.0 Å². The van der Waals surface area contributed by atoms with Gasteiger partial charge >= 0.3 is 5.97 Å². The molecule has 1 aromatic heterocycles. The summed E-state index contributed by atoms with van der Waals surface area (Å²) in [5.74, 6) is 0.595. The number of carbonyl (C=O) groups is 1. The van der Waals surface area contributed by atoms with Crippen molar-refractivity contribution < 1.29 is 19.1 Å². The lowest BCUT2D eigenvalue weighted by Crippen LogP contribution is -2.30. The topological polar surface area (TPSA) is 62.9 Å². The molecule has 0 bridgehead atoms. The number of furan rings is 1. The smallest absolute Gasteiger partial charge is 0.374 e. The molecule has 1 aliphatic rings. The Morgan fingerprint density at radius 2 is 2.16 bits per heavy atom. The molecule has 0 saturated carbocycles. The average Bonchev–Trinajstić information content (AvgIpc) is 3.21. The molecule has 5 nitrogen and oxygen atoms in total. The summed E-state index contributed by atoms with van der Waals surface area (Å²) in [6, 6.07) is 12.0. The van der Waals surface area contributed by atoms with Crippen LogP contribution in [0, 0.1) is 6.92 Å². The van der Waals surface area contributed by atoms with Crippen LogP contribution >= 0.6 is 0 Å². The molecule has 25 heavy (non-hydrogen) atoms. The Bertz CT molecular complexity index is 710. The minimum absolute atomic E-state index is 0.276. The maximum absolute atomic E-state index is 11.7. The molecule has 1 aliphatic heterocycles. The van der Waals surface area contributed by atoms with Gasteiger partial charge in [0.1, 0.15) is 5.76 Å². The number of nitrogens with zero attached hydrogens (tertiary/aromatic N) is 1. The zero-order valence-corrected chi connectivity index (χ0v) is 14.8. The van der Waals surface area contributed by atoms with Gasteiger partial charge in [-0.25, -0.2) is 4.79 Å². The van der Waals surface area contributed by atoms with Crippen LogP contribution in [0.25, 0.3) is 0 Å². The number of aryl methyl sites for hydroxylation is 1. The zero-order valence-electron chi connectivity index (χ0n) is 14.8. The van der Waals surface area contributed by atoms with E-state index in [9.17, 15) is 9.90 Å². The molecular formula is C20H25NO4. The van der Waals surface area contributed by atoms with Gasteiger partial charge in [0.05, 0.1) is 19.8 Å². The molecule has 3 rings (SSSR count). The lowest BCUT2D eigenvalue weighted by molar-refractivity contribution is 0.0559. The highest BCUT2D eigenvalue weighted by molar-refractivity contribution is 5.87. The van der Waals surface area contributed by atoms with E-state index in [-0.39, 0.29) is 5.76 Å². The van der Waals surface area contributed by atoms with E-state index in [0.717, 1.165) is 36.3 Å². The quantitative estimate of drug-likeness (QED) is 0.814. The van der Waals surface area contributed by atoms with E-state index in [2.05, 4.69) is 4.90 Å². The second-order valence-corrected chi connectivity index (χ2v) is 6.65. The highest BCUT2D eigenvalue weighted by atomic mass is 16.5. The second kappa shape index (κ2) is 7.85. The molecule has 0 spiro atoms. The molecule has 1 saturated heterocycles. The molecule has 2 unspecified atom stereocenters. The van der Waals surface area contributed by atoms with Gasteiger partial charge in [-0.2, -0.15) is 0 Å². The fraction of sp³-hybridized carbons (Fsp3) is 0.450. The van der Waals surface area contributed by atoms with Crippen molar-refractivity contribution in [3.63, 3.8) is 0 Å². The van der Waals surface area contributed by atoms with E-state index in [1.807, 2.05) is 43.3 Å². The number of aliphatic hydroxyl groups excluding tert-OH is 1. The van der Waals surface area contributed by atoms with Crippen molar-refractivity contribution in [2.24, 2.45) is 0 Å². The van der Waals surface area contributed by atoms with Crippen LogP contribution in [0.15, 0.2) is 40.8 Å². The summed E-state index contributed by atoms with van der Waals surface area (Å²) in [6.45, 7) is 3.46. The van der Waals surface area contributed by atoms with Crippen LogP contribution in [0.4, 0.5) is 0 Å². The van der Waals surface area contributed by atoms with Gasteiger partial charge in [0, 0.05) is 11.6 Å². The summed E-state index contributed by atoms with van der Waals surface area (Å²) in [4.78, 5) is 14.0. The van der Waals surface area contributed by atoms with Crippen LogP contribution < -0.4 is 0 Å². The number of hydrogen-bond acceptors (Lipinski definition) is 5. The first-order valence-corrected chi connectivity index (χ1v) is 8.73. The highest BCUT2D eigenvalue weighted by Crippen LogP contribution is 2.29. The van der Waals surface area contributed by atoms with Crippen LogP contribution in [0.5, 0.6) is 0 Å². The summed E-state index contributed by atoms with van der Waals surface area (Å²) in [7, 11) is 1.35. The number of carbonyl (C=O) groups excluding carboxylic acids is 1. The number of esters is 1. The summed E-state index contributed by atoms with van der Waals surface area (Å²) in [6.07, 6.45) is 2.41. The molecule has 0 radical (unpaired) electrons. The summed E-state index contributed by atoms with van der Waals surface area (Å²) in [5, 5.41) is 10.5. The molecule has 1 aromatic carbocycles. The number of likely N-dealkylation sites (tertiary alicyclic amines) is 1. The van der Waals surface area contributed by atoms with Crippen molar-refractivity contribution in [2.75, 3.05) is 13.7 Å². The Hall–Kier alpha value is -2.11. The van der Waals surface area contributed by atoms with Crippen molar-refractivity contribution in [1.82, 2.24) is 4.90 Å². The van der Waals surface area contributed by atoms with Gasteiger partial charge < -0.3 is 14.3 Å². The van der Waals surface area contributed by atoms with E-state index < -0.39 is 12.1 Å². The normalized spacial score (nSPS) is 19.1. The third-order valence-electron chi connectivity index (χ3n) is 4.88. The lowest BCUT2D eigenvalue weighted by atomic mass is 10.0. The molecule has 5 heteroatoms. The Kier molecular flexibility index (Phi) is 5.56. The predicted molar refractivity (Wildman–Crippen MR) is 94.2 cm³/mol. The zero-order chi connectivity index (χ0) is 17.8. The van der Waals surface area contributed by atoms with E-state index in [1.165, 1.54) is 7.11 Å². The summed E-state index contributed by atoms with van der Waals surface area (Å²) < 4.78 is 10.4. The average molecular weight is 343 g/mol. The van der Waals surface area contributed by atoms with Crippen LogP contribution in [0.2, 0.25) is 0 Å². The van der Waals surface area contributed by atoms with E-state index in [1.54, 1.807) is 0 Å². The van der Waals surface area contributed by atoms with E-state index in [0.29, 0.717) is 19.0 Å². The fourth-order valence-corrected chi connectivity index (χ4v) is 3.56. The first kappa shape index (κ1) is 17.7. The standard InChI is InChI=1S/C20H25NO4/c1-14-11-17(25-19(14)20(23)24-2)13-21-10-6-9-16(21)12-18(22)15-7-4-3-5-8-15/h3-5,7-8,11,16,18,22H,6,9-10,12-13H2,1-2H3. The summed E-state index contributed by atoms with van der Waals surface area (Å²) >= 11 is 0. The fourth-order valence-electron chi connectivity index (χ4n) is 3.56. The van der Waals surface area contributed by atoms with Crippen LogP contribution in [-0.4, -0.2) is 35.7 Å². The van der Waals surface area contributed by atoms with Crippen LogP contribution in [-0.2, 0) is 11.3 Å². The monoisotopic (exact) mass is 343 g/mol. The van der Waals surface area contributed by atoms with Crippen LogP contribution in [0.1, 0.15) is 52.8 Å². The molecule has 2 atom stereocenters. The van der Waals surface area contributed by atoms with Crippen LogP contribution in [0.3, 0.4) is 0 Å². The summed E-state index contributed by atoms with van der Waals surface area (Å²) in [5.41, 5.74) is 1.75. The third kappa shape index (κ3) is 4.11. The van der Waals surface area contributed by atoms with E-state index >= 15 is 0 Å². The second-order valence-electron chi connectivity index (χ2n) is 6.65. The Balaban J connectivity index is 1.65.